The lowest BCUT2D eigenvalue weighted by atomic mass is 9.59. The van der Waals surface area contributed by atoms with Crippen LogP contribution in [0.5, 0.6) is 0 Å². The molecule has 2 aliphatic carbocycles. The number of hydrogen-bond acceptors (Lipinski definition) is 6. The Kier molecular flexibility index (Phi) is 10.3. The number of rotatable bonds is 9. The van der Waals surface area contributed by atoms with Crippen molar-refractivity contribution in [2.24, 2.45) is 35.5 Å². The van der Waals surface area contributed by atoms with E-state index in [-0.39, 0.29) is 41.5 Å². The molecule has 0 heterocycles. The summed E-state index contributed by atoms with van der Waals surface area (Å²) in [6.07, 6.45) is 4.47. The van der Waals surface area contributed by atoms with Crippen molar-refractivity contribution in [3.05, 3.63) is 0 Å². The van der Waals surface area contributed by atoms with Gasteiger partial charge in [-0.2, -0.15) is 0 Å². The molecule has 0 radical (unpaired) electrons. The maximum atomic E-state index is 13.5. The van der Waals surface area contributed by atoms with Crippen molar-refractivity contribution in [1.82, 2.24) is 0 Å². The van der Waals surface area contributed by atoms with Crippen LogP contribution < -0.4 is 0 Å². The Hall–Kier alpha value is 0.0400. The van der Waals surface area contributed by atoms with Crippen molar-refractivity contribution >= 4 is 28.6 Å². The van der Waals surface area contributed by atoms with Gasteiger partial charge in [0, 0.05) is 0 Å². The Morgan fingerprint density at radius 1 is 0.676 bits per heavy atom. The van der Waals surface area contributed by atoms with Crippen LogP contribution in [0.4, 0.5) is 0 Å². The van der Waals surface area contributed by atoms with Gasteiger partial charge in [-0.1, -0.05) is 29.5 Å². The summed E-state index contributed by atoms with van der Waals surface area (Å²) in [4.78, 5) is 13.5. The van der Waals surface area contributed by atoms with E-state index in [1.54, 1.807) is 0 Å². The molecule has 7 heteroatoms. The van der Waals surface area contributed by atoms with E-state index in [9.17, 15) is 25.2 Å². The second-order valence-corrected chi connectivity index (χ2v) is 17.1. The van der Waals surface area contributed by atoms with Gasteiger partial charge >= 0.3 is 5.97 Å². The van der Waals surface area contributed by atoms with Crippen LogP contribution in [0.15, 0.2) is 0 Å². The van der Waals surface area contributed by atoms with Gasteiger partial charge in [0.15, 0.2) is 0 Å². The molecular weight excluding hydrogens is 583 g/mol. The molecule has 2 rings (SSSR count). The maximum Gasteiger partial charge on any atom is 0.322 e. The first-order valence-corrected chi connectivity index (χ1v) is 15.3. The topological polar surface area (TPSA) is 107 Å². The van der Waals surface area contributed by atoms with E-state index in [4.69, 9.17) is 4.74 Å². The molecule has 5 atom stereocenters. The third-order valence-corrected chi connectivity index (χ3v) is 10.9. The third-order valence-electron chi connectivity index (χ3n) is 9.75. The zero-order valence-corrected chi connectivity index (χ0v) is 27.1. The first-order chi connectivity index (χ1) is 16.5. The standard InChI is InChI=1S/C30H55IO6/c1-11-30(10,31)25(32)37-24(18-12-20(26(2,3)33)16-21(13-18)27(4,5)34)19-14-22(28(6,7)35)17-23(15-19)29(8,9)36/h18-24,33-36H,11-17H2,1-10H3. The average molecular weight is 639 g/mol. The highest BCUT2D eigenvalue weighted by Gasteiger charge is 2.50. The van der Waals surface area contributed by atoms with Crippen molar-refractivity contribution in [3.63, 3.8) is 0 Å². The molecule has 218 valence electrons. The lowest BCUT2D eigenvalue weighted by Gasteiger charge is -2.50. The molecule has 0 aliphatic heterocycles. The van der Waals surface area contributed by atoms with Gasteiger partial charge in [-0.3, -0.25) is 4.79 Å². The summed E-state index contributed by atoms with van der Waals surface area (Å²) in [6, 6.07) is 0. The van der Waals surface area contributed by atoms with Crippen LogP contribution in [0.25, 0.3) is 0 Å². The van der Waals surface area contributed by atoms with Gasteiger partial charge in [0.25, 0.3) is 0 Å². The lowest BCUT2D eigenvalue weighted by Crippen LogP contribution is -2.51. The Morgan fingerprint density at radius 3 is 1.16 bits per heavy atom. The Labute approximate surface area is 239 Å². The number of carbonyl (C=O) groups is 1. The predicted octanol–water partition coefficient (Wildman–Crippen LogP) is 5.65. The fourth-order valence-electron chi connectivity index (χ4n) is 6.54. The smallest absolute Gasteiger partial charge is 0.322 e. The van der Waals surface area contributed by atoms with Crippen LogP contribution in [0.2, 0.25) is 0 Å². The fourth-order valence-corrected chi connectivity index (χ4v) is 6.67. The second kappa shape index (κ2) is 11.5. The number of ether oxygens (including phenoxy) is 1. The van der Waals surface area contributed by atoms with E-state index in [1.165, 1.54) is 0 Å². The number of halogens is 1. The molecule has 5 unspecified atom stereocenters. The normalized spacial score (nSPS) is 32.9. The fraction of sp³-hybridized carbons (Fsp3) is 0.967. The lowest BCUT2D eigenvalue weighted by molar-refractivity contribution is -0.169. The van der Waals surface area contributed by atoms with Gasteiger partial charge < -0.3 is 25.2 Å². The van der Waals surface area contributed by atoms with Crippen LogP contribution in [-0.2, 0) is 9.53 Å². The molecule has 0 amide bonds. The summed E-state index contributed by atoms with van der Waals surface area (Å²) in [5.74, 6) is -0.486. The first kappa shape index (κ1) is 33.2. The summed E-state index contributed by atoms with van der Waals surface area (Å²) < 4.78 is 5.80. The summed E-state index contributed by atoms with van der Waals surface area (Å²) in [6.45, 7) is 18.5. The molecule has 4 N–H and O–H groups in total. The zero-order valence-electron chi connectivity index (χ0n) is 25.0. The number of esters is 1. The largest absolute Gasteiger partial charge is 0.461 e. The van der Waals surface area contributed by atoms with Gasteiger partial charge in [0.1, 0.15) is 9.53 Å². The van der Waals surface area contributed by atoms with E-state index >= 15 is 0 Å². The van der Waals surface area contributed by atoms with Gasteiger partial charge in [-0.25, -0.2) is 0 Å². The third kappa shape index (κ3) is 8.76. The van der Waals surface area contributed by atoms with E-state index < -0.39 is 31.9 Å². The Bertz CT molecular complexity index is 673. The summed E-state index contributed by atoms with van der Waals surface area (Å²) in [5, 5.41) is 44.1. The number of carbonyl (C=O) groups excluding carboxylic acids is 1. The molecule has 2 fully saturated rings. The first-order valence-electron chi connectivity index (χ1n) is 14.3. The second-order valence-electron chi connectivity index (χ2n) is 14.8. The molecule has 0 aromatic rings. The van der Waals surface area contributed by atoms with Crippen LogP contribution in [-0.4, -0.2) is 58.3 Å². The monoisotopic (exact) mass is 638 g/mol. The maximum absolute atomic E-state index is 13.5. The number of aliphatic hydroxyl groups is 4. The van der Waals surface area contributed by atoms with Gasteiger partial charge in [0.2, 0.25) is 0 Å². The van der Waals surface area contributed by atoms with Crippen molar-refractivity contribution in [3.8, 4) is 0 Å². The molecule has 2 saturated carbocycles. The SMILES string of the molecule is CCC(C)(I)C(=O)OC(C1CC(C(C)(C)O)CC(C(C)(C)O)C1)C1CC(C(C)(C)O)CC(C(C)(C)O)C1. The van der Waals surface area contributed by atoms with Crippen molar-refractivity contribution in [2.75, 3.05) is 0 Å². The Balaban J connectivity index is 2.55. The van der Waals surface area contributed by atoms with Gasteiger partial charge in [-0.05, 0) is 143 Å². The molecule has 6 nitrogen and oxygen atoms in total. The molecule has 37 heavy (non-hydrogen) atoms. The summed E-state index contributed by atoms with van der Waals surface area (Å²) >= 11 is 2.17. The quantitative estimate of drug-likeness (QED) is 0.148. The highest BCUT2D eigenvalue weighted by Crippen LogP contribution is 2.51. The van der Waals surface area contributed by atoms with Crippen LogP contribution >= 0.6 is 22.6 Å². The minimum absolute atomic E-state index is 0.0392. The highest BCUT2D eigenvalue weighted by molar-refractivity contribution is 14.1. The highest BCUT2D eigenvalue weighted by atomic mass is 127. The number of alkyl halides is 1. The molecule has 2 aliphatic rings. The minimum atomic E-state index is -0.921. The van der Waals surface area contributed by atoms with Crippen molar-refractivity contribution < 1.29 is 30.0 Å². The molecule has 0 bridgehead atoms. The molecule has 0 spiro atoms. The van der Waals surface area contributed by atoms with Crippen molar-refractivity contribution in [2.45, 2.75) is 146 Å². The number of hydrogen-bond donors (Lipinski definition) is 4. The van der Waals surface area contributed by atoms with Gasteiger partial charge in [-0.15, -0.1) is 0 Å². The average Bonchev–Trinajstić information content (AvgIpc) is 2.74. The summed E-state index contributed by atoms with van der Waals surface area (Å²) in [7, 11) is 0. The summed E-state index contributed by atoms with van der Waals surface area (Å²) in [5.41, 5.74) is -3.68. The van der Waals surface area contributed by atoms with E-state index in [1.807, 2.05) is 69.2 Å². The molecule has 0 saturated heterocycles. The van der Waals surface area contributed by atoms with Crippen LogP contribution in [0, 0.1) is 35.5 Å². The minimum Gasteiger partial charge on any atom is -0.461 e. The Morgan fingerprint density at radius 2 is 0.946 bits per heavy atom. The molecular formula is C30H55IO6. The van der Waals surface area contributed by atoms with E-state index in [0.717, 1.165) is 0 Å². The van der Waals surface area contributed by atoms with E-state index in [2.05, 4.69) is 22.6 Å². The van der Waals surface area contributed by atoms with Crippen LogP contribution in [0.1, 0.15) is 114 Å². The van der Waals surface area contributed by atoms with E-state index in [0.29, 0.717) is 44.9 Å². The van der Waals surface area contributed by atoms with Crippen LogP contribution in [0.3, 0.4) is 0 Å². The molecule has 0 aromatic carbocycles. The zero-order chi connectivity index (χ0) is 28.8. The van der Waals surface area contributed by atoms with Gasteiger partial charge in [0.05, 0.1) is 22.4 Å². The van der Waals surface area contributed by atoms with Crippen molar-refractivity contribution in [1.29, 1.82) is 0 Å². The predicted molar refractivity (Wildman–Crippen MR) is 156 cm³/mol. The molecule has 0 aromatic heterocycles.